The molecule has 5 heteroatoms. The van der Waals surface area contributed by atoms with Gasteiger partial charge in [-0.25, -0.2) is 4.39 Å². The predicted octanol–water partition coefficient (Wildman–Crippen LogP) is 1.61. The first kappa shape index (κ1) is 12.4. The third kappa shape index (κ3) is 3.86. The first-order valence-corrected chi connectivity index (χ1v) is 5.08. The number of nitrogens with zero attached hydrogens (tertiary/aromatic N) is 1. The molecule has 0 radical (unpaired) electrons. The summed E-state index contributed by atoms with van der Waals surface area (Å²) in [5.41, 5.74) is 6.20. The highest BCUT2D eigenvalue weighted by Gasteiger charge is 2.05. The minimum absolute atomic E-state index is 0.0298. The molecular weight excluding hydrogens is 209 g/mol. The molecule has 0 bridgehead atoms. The van der Waals surface area contributed by atoms with Crippen LogP contribution in [0.1, 0.15) is 24.9 Å². The maximum atomic E-state index is 12.9. The molecule has 0 amide bonds. The van der Waals surface area contributed by atoms with Gasteiger partial charge in [-0.3, -0.25) is 0 Å². The average Bonchev–Trinajstić information content (AvgIpc) is 2.28. The number of hydrogen-bond donors (Lipinski definition) is 3. The van der Waals surface area contributed by atoms with Crippen molar-refractivity contribution in [1.82, 2.24) is 5.32 Å². The molecule has 1 aromatic carbocycles. The first-order valence-electron chi connectivity index (χ1n) is 5.08. The molecule has 1 rings (SSSR count). The van der Waals surface area contributed by atoms with E-state index in [-0.39, 0.29) is 17.7 Å². The van der Waals surface area contributed by atoms with Crippen molar-refractivity contribution >= 4 is 5.84 Å². The predicted molar refractivity (Wildman–Crippen MR) is 60.8 cm³/mol. The van der Waals surface area contributed by atoms with E-state index in [0.29, 0.717) is 13.0 Å². The number of hydrogen-bond acceptors (Lipinski definition) is 3. The van der Waals surface area contributed by atoms with E-state index >= 15 is 0 Å². The van der Waals surface area contributed by atoms with Crippen molar-refractivity contribution in [2.75, 3.05) is 6.54 Å². The fraction of sp³-hybridized carbons (Fsp3) is 0.364. The third-order valence-corrected chi connectivity index (χ3v) is 2.31. The summed E-state index contributed by atoms with van der Waals surface area (Å²) >= 11 is 0. The van der Waals surface area contributed by atoms with Crippen molar-refractivity contribution in [3.8, 4) is 0 Å². The summed E-state index contributed by atoms with van der Waals surface area (Å²) in [6, 6.07) is 6.45. The van der Waals surface area contributed by atoms with Gasteiger partial charge in [-0.2, -0.15) is 0 Å². The van der Waals surface area contributed by atoms with Gasteiger partial charge in [0.05, 0.1) is 0 Å². The van der Waals surface area contributed by atoms with Crippen molar-refractivity contribution in [2.24, 2.45) is 10.9 Å². The molecule has 0 unspecified atom stereocenters. The number of halogens is 1. The van der Waals surface area contributed by atoms with Gasteiger partial charge in [-0.05, 0) is 24.6 Å². The van der Waals surface area contributed by atoms with E-state index in [4.69, 9.17) is 10.9 Å². The Morgan fingerprint density at radius 1 is 1.62 bits per heavy atom. The highest BCUT2D eigenvalue weighted by Crippen LogP contribution is 2.12. The molecule has 1 aromatic rings. The van der Waals surface area contributed by atoms with Crippen LogP contribution in [-0.2, 0) is 0 Å². The van der Waals surface area contributed by atoms with Gasteiger partial charge in [0.15, 0.2) is 0 Å². The molecule has 16 heavy (non-hydrogen) atoms. The van der Waals surface area contributed by atoms with Crippen LogP contribution in [0.2, 0.25) is 0 Å². The van der Waals surface area contributed by atoms with Crippen LogP contribution in [0.5, 0.6) is 0 Å². The van der Waals surface area contributed by atoms with Crippen molar-refractivity contribution in [2.45, 2.75) is 19.4 Å². The van der Waals surface area contributed by atoms with Gasteiger partial charge in [0.25, 0.3) is 0 Å². The van der Waals surface area contributed by atoms with E-state index in [1.54, 1.807) is 6.07 Å². The average molecular weight is 225 g/mol. The standard InChI is InChI=1S/C11H16FN3O/c1-8(14-6-5-11(13)15-16)9-3-2-4-10(12)7-9/h2-4,7-8,14,16H,5-6H2,1H3,(H2,13,15)/t8-/m1/s1. The van der Waals surface area contributed by atoms with Gasteiger partial charge in [0, 0.05) is 19.0 Å². The van der Waals surface area contributed by atoms with Crippen LogP contribution in [0.15, 0.2) is 29.4 Å². The van der Waals surface area contributed by atoms with E-state index < -0.39 is 0 Å². The summed E-state index contributed by atoms with van der Waals surface area (Å²) in [6.07, 6.45) is 0.455. The van der Waals surface area contributed by atoms with E-state index in [9.17, 15) is 4.39 Å². The molecule has 88 valence electrons. The van der Waals surface area contributed by atoms with Crippen molar-refractivity contribution in [1.29, 1.82) is 0 Å². The quantitative estimate of drug-likeness (QED) is 0.308. The molecule has 0 fully saturated rings. The number of nitrogens with two attached hydrogens (primary N) is 1. The molecule has 0 heterocycles. The van der Waals surface area contributed by atoms with Crippen LogP contribution in [-0.4, -0.2) is 17.6 Å². The number of rotatable bonds is 5. The molecule has 0 saturated heterocycles. The van der Waals surface area contributed by atoms with E-state index in [0.717, 1.165) is 5.56 Å². The zero-order valence-corrected chi connectivity index (χ0v) is 9.15. The zero-order valence-electron chi connectivity index (χ0n) is 9.15. The normalized spacial score (nSPS) is 13.8. The van der Waals surface area contributed by atoms with Crippen LogP contribution in [0.3, 0.4) is 0 Å². The summed E-state index contributed by atoms with van der Waals surface area (Å²) in [7, 11) is 0. The fourth-order valence-corrected chi connectivity index (χ4v) is 1.36. The Morgan fingerprint density at radius 3 is 3.00 bits per heavy atom. The van der Waals surface area contributed by atoms with Crippen LogP contribution >= 0.6 is 0 Å². The molecular formula is C11H16FN3O. The van der Waals surface area contributed by atoms with E-state index in [1.807, 2.05) is 13.0 Å². The van der Waals surface area contributed by atoms with Crippen molar-refractivity contribution in [3.63, 3.8) is 0 Å². The topological polar surface area (TPSA) is 70.6 Å². The first-order chi connectivity index (χ1) is 7.63. The molecule has 0 aliphatic carbocycles. The summed E-state index contributed by atoms with van der Waals surface area (Å²) in [6.45, 7) is 2.51. The zero-order chi connectivity index (χ0) is 12.0. The van der Waals surface area contributed by atoms with E-state index in [1.165, 1.54) is 12.1 Å². The van der Waals surface area contributed by atoms with Crippen molar-refractivity contribution < 1.29 is 9.60 Å². The third-order valence-electron chi connectivity index (χ3n) is 2.31. The Labute approximate surface area is 94.0 Å². The van der Waals surface area contributed by atoms with Crippen LogP contribution in [0.4, 0.5) is 4.39 Å². The Balaban J connectivity index is 2.44. The summed E-state index contributed by atoms with van der Waals surface area (Å²) < 4.78 is 12.9. The maximum absolute atomic E-state index is 12.9. The second kappa shape index (κ2) is 6.07. The van der Waals surface area contributed by atoms with E-state index in [2.05, 4.69) is 10.5 Å². The number of amidine groups is 1. The molecule has 0 aliphatic heterocycles. The van der Waals surface area contributed by atoms with Gasteiger partial charge in [0.2, 0.25) is 0 Å². The number of benzene rings is 1. The second-order valence-electron chi connectivity index (χ2n) is 3.57. The highest BCUT2D eigenvalue weighted by atomic mass is 19.1. The smallest absolute Gasteiger partial charge is 0.140 e. The van der Waals surface area contributed by atoms with Gasteiger partial charge >= 0.3 is 0 Å². The SMILES string of the molecule is C[C@@H](NCC/C(N)=N/O)c1cccc(F)c1. The summed E-state index contributed by atoms with van der Waals surface area (Å²) in [5.74, 6) is -0.0680. The Bertz CT molecular complexity index is 368. The molecule has 0 aromatic heterocycles. The van der Waals surface area contributed by atoms with Gasteiger partial charge in [-0.15, -0.1) is 0 Å². The molecule has 0 spiro atoms. The van der Waals surface area contributed by atoms with Crippen LogP contribution in [0, 0.1) is 5.82 Å². The number of nitrogens with one attached hydrogen (secondary N) is 1. The number of oxime groups is 1. The highest BCUT2D eigenvalue weighted by molar-refractivity contribution is 5.79. The minimum atomic E-state index is -0.248. The lowest BCUT2D eigenvalue weighted by molar-refractivity contribution is 0.316. The van der Waals surface area contributed by atoms with Gasteiger partial charge in [0.1, 0.15) is 11.7 Å². The Kier molecular flexibility index (Phi) is 4.72. The van der Waals surface area contributed by atoms with Crippen LogP contribution in [0.25, 0.3) is 0 Å². The maximum Gasteiger partial charge on any atom is 0.140 e. The molecule has 1 atom stereocenters. The lowest BCUT2D eigenvalue weighted by atomic mass is 10.1. The monoisotopic (exact) mass is 225 g/mol. The molecule has 4 nitrogen and oxygen atoms in total. The molecule has 0 aliphatic rings. The molecule has 4 N–H and O–H groups in total. The second-order valence-corrected chi connectivity index (χ2v) is 3.57. The van der Waals surface area contributed by atoms with Gasteiger partial charge in [-0.1, -0.05) is 17.3 Å². The molecule has 0 saturated carbocycles. The van der Waals surface area contributed by atoms with Crippen LogP contribution < -0.4 is 11.1 Å². The summed E-state index contributed by atoms with van der Waals surface area (Å²) in [5, 5.41) is 14.4. The Hall–Kier alpha value is -1.62. The fourth-order valence-electron chi connectivity index (χ4n) is 1.36. The van der Waals surface area contributed by atoms with Crippen molar-refractivity contribution in [3.05, 3.63) is 35.6 Å². The lowest BCUT2D eigenvalue weighted by Gasteiger charge is -2.13. The van der Waals surface area contributed by atoms with Gasteiger partial charge < -0.3 is 16.3 Å². The lowest BCUT2D eigenvalue weighted by Crippen LogP contribution is -2.24. The Morgan fingerprint density at radius 2 is 2.38 bits per heavy atom. The summed E-state index contributed by atoms with van der Waals surface area (Å²) in [4.78, 5) is 0. The largest absolute Gasteiger partial charge is 0.409 e. The minimum Gasteiger partial charge on any atom is -0.409 e.